The summed E-state index contributed by atoms with van der Waals surface area (Å²) in [7, 11) is 0. The van der Waals surface area contributed by atoms with E-state index >= 15 is 0 Å². The van der Waals surface area contributed by atoms with Gasteiger partial charge < -0.3 is 0 Å². The van der Waals surface area contributed by atoms with Crippen LogP contribution in [0.1, 0.15) is 15.2 Å². The Balaban J connectivity index is 2.41. The summed E-state index contributed by atoms with van der Waals surface area (Å²) in [5, 5.41) is 1.73. The molecule has 0 unspecified atom stereocenters. The fourth-order valence-electron chi connectivity index (χ4n) is 1.24. The number of hydrogen-bond acceptors (Lipinski definition) is 2. The monoisotopic (exact) mass is 302 g/mol. The molecular formula is C11H5BrF2OS. The molecule has 0 bridgehead atoms. The van der Waals surface area contributed by atoms with Crippen molar-refractivity contribution in [3.63, 3.8) is 0 Å². The van der Waals surface area contributed by atoms with Crippen LogP contribution in [0.3, 0.4) is 0 Å². The summed E-state index contributed by atoms with van der Waals surface area (Å²) in [5.41, 5.74) is -0.115. The van der Waals surface area contributed by atoms with Crippen molar-refractivity contribution in [2.45, 2.75) is 0 Å². The Morgan fingerprint density at radius 2 is 2.00 bits per heavy atom. The molecule has 0 aliphatic carbocycles. The molecule has 1 heterocycles. The average molecular weight is 303 g/mol. The summed E-state index contributed by atoms with van der Waals surface area (Å²) >= 11 is 4.42. The molecule has 0 amide bonds. The zero-order valence-corrected chi connectivity index (χ0v) is 10.2. The van der Waals surface area contributed by atoms with E-state index in [1.165, 1.54) is 11.3 Å². The highest BCUT2D eigenvalue weighted by Gasteiger charge is 2.16. The van der Waals surface area contributed by atoms with Crippen LogP contribution in [0.15, 0.2) is 34.1 Å². The van der Waals surface area contributed by atoms with Crippen molar-refractivity contribution in [1.29, 1.82) is 0 Å². The van der Waals surface area contributed by atoms with Crippen molar-refractivity contribution in [2.24, 2.45) is 0 Å². The Labute approximate surface area is 103 Å². The summed E-state index contributed by atoms with van der Waals surface area (Å²) in [6.45, 7) is 0. The molecule has 0 atom stereocenters. The summed E-state index contributed by atoms with van der Waals surface area (Å²) in [5.74, 6) is -1.97. The van der Waals surface area contributed by atoms with Gasteiger partial charge in [0, 0.05) is 15.9 Å². The Hall–Kier alpha value is -1.07. The van der Waals surface area contributed by atoms with E-state index in [-0.39, 0.29) is 5.56 Å². The number of ketones is 1. The van der Waals surface area contributed by atoms with Gasteiger partial charge in [-0.15, -0.1) is 11.3 Å². The van der Waals surface area contributed by atoms with Crippen LogP contribution >= 0.6 is 27.3 Å². The molecule has 0 aliphatic rings. The maximum atomic E-state index is 13.3. The largest absolute Gasteiger partial charge is 0.288 e. The first-order valence-electron chi connectivity index (χ1n) is 4.31. The zero-order valence-electron chi connectivity index (χ0n) is 7.84. The second-order valence-corrected chi connectivity index (χ2v) is 4.91. The molecule has 82 valence electrons. The van der Waals surface area contributed by atoms with Crippen molar-refractivity contribution >= 4 is 33.0 Å². The maximum absolute atomic E-state index is 13.3. The van der Waals surface area contributed by atoms with Crippen molar-refractivity contribution in [2.75, 3.05) is 0 Å². The van der Waals surface area contributed by atoms with Gasteiger partial charge in [-0.1, -0.05) is 0 Å². The van der Waals surface area contributed by atoms with E-state index in [0.29, 0.717) is 10.9 Å². The average Bonchev–Trinajstić information content (AvgIpc) is 2.64. The number of halogens is 3. The lowest BCUT2D eigenvalue weighted by Crippen LogP contribution is -2.02. The first kappa shape index (κ1) is 11.4. The Morgan fingerprint density at radius 1 is 1.25 bits per heavy atom. The number of hydrogen-bond donors (Lipinski definition) is 0. The highest BCUT2D eigenvalue weighted by atomic mass is 79.9. The van der Waals surface area contributed by atoms with E-state index < -0.39 is 17.4 Å². The third-order valence-electron chi connectivity index (χ3n) is 1.97. The molecule has 1 aromatic carbocycles. The van der Waals surface area contributed by atoms with Gasteiger partial charge in [0.2, 0.25) is 5.78 Å². The van der Waals surface area contributed by atoms with Gasteiger partial charge in [0.1, 0.15) is 11.6 Å². The van der Waals surface area contributed by atoms with Crippen molar-refractivity contribution < 1.29 is 13.6 Å². The van der Waals surface area contributed by atoms with Gasteiger partial charge in [0.25, 0.3) is 0 Å². The second kappa shape index (κ2) is 4.43. The predicted octanol–water partition coefficient (Wildman–Crippen LogP) is 4.02. The molecule has 0 saturated heterocycles. The van der Waals surface area contributed by atoms with E-state index in [4.69, 9.17) is 0 Å². The number of thiophene rings is 1. The SMILES string of the molecule is O=C(c1cc(Br)cs1)c1ccc(F)cc1F. The molecule has 0 saturated carbocycles. The Bertz CT molecular complexity index is 551. The van der Waals surface area contributed by atoms with Gasteiger partial charge in [0.05, 0.1) is 10.4 Å². The molecule has 2 rings (SSSR count). The fraction of sp³-hybridized carbons (Fsp3) is 0. The summed E-state index contributed by atoms with van der Waals surface area (Å²) in [6, 6.07) is 4.53. The van der Waals surface area contributed by atoms with Crippen LogP contribution in [0, 0.1) is 11.6 Å². The van der Waals surface area contributed by atoms with Crippen LogP contribution in [-0.2, 0) is 0 Å². The number of carbonyl (C=O) groups excluding carboxylic acids is 1. The van der Waals surface area contributed by atoms with Crippen LogP contribution in [0.25, 0.3) is 0 Å². The lowest BCUT2D eigenvalue weighted by Gasteiger charge is -1.99. The third-order valence-corrected chi connectivity index (χ3v) is 3.66. The Morgan fingerprint density at radius 3 is 2.56 bits per heavy atom. The molecule has 5 heteroatoms. The fourth-order valence-corrected chi connectivity index (χ4v) is 2.62. The third kappa shape index (κ3) is 2.20. The summed E-state index contributed by atoms with van der Waals surface area (Å²) in [6.07, 6.45) is 0. The van der Waals surface area contributed by atoms with Crippen LogP contribution in [0.5, 0.6) is 0 Å². The Kier molecular flexibility index (Phi) is 3.16. The van der Waals surface area contributed by atoms with E-state index in [0.717, 1.165) is 16.6 Å². The normalized spacial score (nSPS) is 10.4. The van der Waals surface area contributed by atoms with Crippen LogP contribution in [-0.4, -0.2) is 5.78 Å². The molecule has 16 heavy (non-hydrogen) atoms. The van der Waals surface area contributed by atoms with Crippen LogP contribution < -0.4 is 0 Å². The molecule has 1 aromatic heterocycles. The quantitative estimate of drug-likeness (QED) is 0.766. The molecule has 0 N–H and O–H groups in total. The lowest BCUT2D eigenvalue weighted by molar-refractivity contribution is 0.103. The first-order chi connectivity index (χ1) is 7.58. The number of benzene rings is 1. The standard InChI is InChI=1S/C11H5BrF2OS/c12-6-3-10(16-5-6)11(15)8-2-1-7(13)4-9(8)14/h1-5H. The highest BCUT2D eigenvalue weighted by molar-refractivity contribution is 9.10. The van der Waals surface area contributed by atoms with Crippen LogP contribution in [0.2, 0.25) is 0 Å². The van der Waals surface area contributed by atoms with E-state index in [1.54, 1.807) is 11.4 Å². The van der Waals surface area contributed by atoms with Gasteiger partial charge in [0.15, 0.2) is 0 Å². The van der Waals surface area contributed by atoms with Gasteiger partial charge in [-0.3, -0.25) is 4.79 Å². The smallest absolute Gasteiger partial charge is 0.205 e. The minimum absolute atomic E-state index is 0.115. The van der Waals surface area contributed by atoms with Crippen molar-refractivity contribution in [1.82, 2.24) is 0 Å². The topological polar surface area (TPSA) is 17.1 Å². The van der Waals surface area contributed by atoms with Gasteiger partial charge in [-0.2, -0.15) is 0 Å². The lowest BCUT2D eigenvalue weighted by atomic mass is 10.1. The second-order valence-electron chi connectivity index (χ2n) is 3.08. The number of rotatable bonds is 2. The molecule has 0 fully saturated rings. The van der Waals surface area contributed by atoms with Gasteiger partial charge in [-0.05, 0) is 34.1 Å². The zero-order chi connectivity index (χ0) is 11.7. The van der Waals surface area contributed by atoms with E-state index in [1.807, 2.05) is 0 Å². The highest BCUT2D eigenvalue weighted by Crippen LogP contribution is 2.23. The molecule has 1 nitrogen and oxygen atoms in total. The maximum Gasteiger partial charge on any atom is 0.205 e. The number of carbonyl (C=O) groups is 1. The predicted molar refractivity (Wildman–Crippen MR) is 61.8 cm³/mol. The van der Waals surface area contributed by atoms with E-state index in [2.05, 4.69) is 15.9 Å². The van der Waals surface area contributed by atoms with Crippen molar-refractivity contribution in [3.8, 4) is 0 Å². The molecule has 0 aliphatic heterocycles. The summed E-state index contributed by atoms with van der Waals surface area (Å²) < 4.78 is 26.8. The van der Waals surface area contributed by atoms with Crippen LogP contribution in [0.4, 0.5) is 8.78 Å². The van der Waals surface area contributed by atoms with Gasteiger partial charge in [-0.25, -0.2) is 8.78 Å². The summed E-state index contributed by atoms with van der Waals surface area (Å²) in [4.78, 5) is 12.2. The molecular weight excluding hydrogens is 298 g/mol. The minimum Gasteiger partial charge on any atom is -0.288 e. The molecule has 0 spiro atoms. The first-order valence-corrected chi connectivity index (χ1v) is 5.99. The minimum atomic E-state index is -0.838. The van der Waals surface area contributed by atoms with Crippen molar-refractivity contribution in [3.05, 3.63) is 56.2 Å². The van der Waals surface area contributed by atoms with Gasteiger partial charge >= 0.3 is 0 Å². The molecule has 2 aromatic rings. The van der Waals surface area contributed by atoms with E-state index in [9.17, 15) is 13.6 Å². The molecule has 0 radical (unpaired) electrons.